The molecule has 0 rings (SSSR count). The summed E-state index contributed by atoms with van der Waals surface area (Å²) in [5, 5.41) is 21.0. The van der Waals surface area contributed by atoms with Gasteiger partial charge >= 0.3 is 0 Å². The number of rotatable bonds is 4. The monoisotopic (exact) mass is 332 g/mol. The minimum atomic E-state index is -5.17. The highest BCUT2D eigenvalue weighted by molar-refractivity contribution is 7.79. The predicted octanol–water partition coefficient (Wildman–Crippen LogP) is -2.66. The standard InChI is InChI=1S/2C6H15NO.H2O4S/c2*1-6(2,3)7-4-5-8;1-5(2,3)4/h2*7-8H,4-5H2,1-3H3;(H2,1,2,3,4). The molecule has 0 heterocycles. The van der Waals surface area contributed by atoms with E-state index < -0.39 is 10.4 Å². The Hall–Kier alpha value is -0.290. The highest BCUT2D eigenvalue weighted by atomic mass is 32.3. The van der Waals surface area contributed by atoms with E-state index in [0.717, 1.165) is 13.1 Å². The first-order valence-electron chi connectivity index (χ1n) is 6.69. The third kappa shape index (κ3) is 65.6. The van der Waals surface area contributed by atoms with Crippen molar-refractivity contribution < 1.29 is 38.4 Å². The van der Waals surface area contributed by atoms with Gasteiger partial charge in [-0.3, -0.25) is 8.42 Å². The Labute approximate surface area is 128 Å². The lowest BCUT2D eigenvalue weighted by atomic mass is 10.1. The Balaban J connectivity index is -0.000000239. The molecule has 0 saturated heterocycles. The van der Waals surface area contributed by atoms with Crippen LogP contribution in [0.15, 0.2) is 0 Å². The van der Waals surface area contributed by atoms with Gasteiger partial charge in [0.1, 0.15) is 0 Å². The van der Waals surface area contributed by atoms with E-state index in [0.29, 0.717) is 0 Å². The average Bonchev–Trinajstić information content (AvgIpc) is 2.20. The molecule has 0 saturated carbocycles. The Morgan fingerprint density at radius 2 is 1.00 bits per heavy atom. The summed E-state index contributed by atoms with van der Waals surface area (Å²) < 4.78 is 34.1. The highest BCUT2D eigenvalue weighted by Gasteiger charge is 2.11. The number of aliphatic hydroxyl groups excluding tert-OH is 2. The molecule has 8 nitrogen and oxygen atoms in total. The van der Waals surface area contributed by atoms with Crippen molar-refractivity contribution in [3.05, 3.63) is 0 Å². The van der Waals surface area contributed by atoms with Gasteiger partial charge in [0.25, 0.3) is 0 Å². The molecule has 132 valence electrons. The lowest BCUT2D eigenvalue weighted by molar-refractivity contribution is -0.718. The number of hydrogen-bond acceptors (Lipinski definition) is 6. The molecule has 6 N–H and O–H groups in total. The molecule has 0 fully saturated rings. The van der Waals surface area contributed by atoms with E-state index in [2.05, 4.69) is 52.2 Å². The molecule has 0 amide bonds. The summed E-state index contributed by atoms with van der Waals surface area (Å²) in [6.45, 7) is 14.9. The van der Waals surface area contributed by atoms with Crippen molar-refractivity contribution in [2.24, 2.45) is 0 Å². The predicted molar refractivity (Wildman–Crippen MR) is 77.7 cm³/mol. The summed E-state index contributed by atoms with van der Waals surface area (Å²) in [4.78, 5) is 0. The first kappa shape index (κ1) is 25.7. The molecular formula is C12H32N2O6S. The fraction of sp³-hybridized carbons (Fsp3) is 1.00. The van der Waals surface area contributed by atoms with Crippen molar-refractivity contribution in [1.29, 1.82) is 0 Å². The molecule has 21 heavy (non-hydrogen) atoms. The highest BCUT2D eigenvalue weighted by Crippen LogP contribution is 1.87. The van der Waals surface area contributed by atoms with Crippen LogP contribution in [0.4, 0.5) is 0 Å². The SMILES string of the molecule is CC(C)(C)[NH2+]CCO.CC(C)(C)[NH2+]CCO.O=S(=O)([O-])[O-]. The van der Waals surface area contributed by atoms with Gasteiger partial charge in [-0.05, 0) is 41.5 Å². The maximum absolute atomic E-state index is 8.52. The molecule has 0 unspecified atom stereocenters. The van der Waals surface area contributed by atoms with Crippen LogP contribution in [0.25, 0.3) is 0 Å². The van der Waals surface area contributed by atoms with Crippen molar-refractivity contribution in [2.45, 2.75) is 52.6 Å². The van der Waals surface area contributed by atoms with Crippen LogP contribution in [0.2, 0.25) is 0 Å². The maximum Gasteiger partial charge on any atom is 0.0994 e. The Morgan fingerprint density at radius 3 is 1.05 bits per heavy atom. The van der Waals surface area contributed by atoms with Crippen LogP contribution in [-0.4, -0.2) is 65.1 Å². The minimum absolute atomic E-state index is 0.267. The van der Waals surface area contributed by atoms with Gasteiger partial charge in [0.05, 0.1) is 37.4 Å². The molecule has 0 bridgehead atoms. The fourth-order valence-corrected chi connectivity index (χ4v) is 0.995. The lowest BCUT2D eigenvalue weighted by Gasteiger charge is -2.15. The number of hydrogen-bond donors (Lipinski definition) is 4. The molecule has 0 aliphatic heterocycles. The van der Waals surface area contributed by atoms with Gasteiger partial charge in [0.2, 0.25) is 0 Å². The molecule has 0 aliphatic carbocycles. The van der Waals surface area contributed by atoms with Crippen LogP contribution < -0.4 is 10.6 Å². The molecule has 0 atom stereocenters. The minimum Gasteiger partial charge on any atom is -0.759 e. The van der Waals surface area contributed by atoms with Crippen LogP contribution in [0.1, 0.15) is 41.5 Å². The van der Waals surface area contributed by atoms with E-state index in [-0.39, 0.29) is 24.3 Å². The smallest absolute Gasteiger partial charge is 0.0994 e. The molecule has 0 aromatic heterocycles. The van der Waals surface area contributed by atoms with Gasteiger partial charge < -0.3 is 30.0 Å². The van der Waals surface area contributed by atoms with Crippen LogP contribution >= 0.6 is 0 Å². The molecule has 0 spiro atoms. The Kier molecular flexibility index (Phi) is 15.0. The normalized spacial score (nSPS) is 11.9. The quantitative estimate of drug-likeness (QED) is 0.325. The van der Waals surface area contributed by atoms with Crippen molar-refractivity contribution >= 4 is 10.4 Å². The third-order valence-corrected chi connectivity index (χ3v) is 1.77. The molecular weight excluding hydrogens is 300 g/mol. The zero-order chi connectivity index (χ0) is 17.7. The second-order valence-electron chi connectivity index (χ2n) is 6.57. The van der Waals surface area contributed by atoms with E-state index in [1.165, 1.54) is 0 Å². The van der Waals surface area contributed by atoms with Crippen molar-refractivity contribution in [2.75, 3.05) is 26.3 Å². The van der Waals surface area contributed by atoms with E-state index in [1.54, 1.807) is 0 Å². The second kappa shape index (κ2) is 12.3. The van der Waals surface area contributed by atoms with Crippen LogP contribution in [0, 0.1) is 0 Å². The van der Waals surface area contributed by atoms with E-state index in [1.807, 2.05) is 0 Å². The van der Waals surface area contributed by atoms with Crippen molar-refractivity contribution in [3.63, 3.8) is 0 Å². The van der Waals surface area contributed by atoms with Crippen molar-refractivity contribution in [3.8, 4) is 0 Å². The Morgan fingerprint density at radius 1 is 0.810 bits per heavy atom. The molecule has 0 radical (unpaired) electrons. The zero-order valence-electron chi connectivity index (χ0n) is 13.9. The van der Waals surface area contributed by atoms with Gasteiger partial charge in [-0.15, -0.1) is 0 Å². The zero-order valence-corrected chi connectivity index (χ0v) is 14.7. The largest absolute Gasteiger partial charge is 0.759 e. The van der Waals surface area contributed by atoms with E-state index >= 15 is 0 Å². The molecule has 9 heteroatoms. The third-order valence-electron chi connectivity index (χ3n) is 1.77. The van der Waals surface area contributed by atoms with Crippen molar-refractivity contribution in [1.82, 2.24) is 0 Å². The summed E-state index contributed by atoms with van der Waals surface area (Å²) >= 11 is 0. The van der Waals surface area contributed by atoms with Gasteiger partial charge in [-0.2, -0.15) is 0 Å². The first-order chi connectivity index (χ1) is 9.12. The van der Waals surface area contributed by atoms with Gasteiger partial charge in [-0.25, -0.2) is 0 Å². The Bertz CT molecular complexity index is 294. The summed E-state index contributed by atoms with van der Waals surface area (Å²) in [5.41, 5.74) is 0.533. The van der Waals surface area contributed by atoms with Gasteiger partial charge in [-0.1, -0.05) is 0 Å². The van der Waals surface area contributed by atoms with Gasteiger partial charge in [0, 0.05) is 10.4 Å². The maximum atomic E-state index is 8.52. The number of nitrogens with two attached hydrogens (primary N) is 2. The fourth-order valence-electron chi connectivity index (χ4n) is 0.995. The summed E-state index contributed by atoms with van der Waals surface area (Å²) in [5.74, 6) is 0. The molecule has 0 aromatic carbocycles. The number of aliphatic hydroxyl groups is 2. The summed E-state index contributed by atoms with van der Waals surface area (Å²) in [6.07, 6.45) is 0. The average molecular weight is 332 g/mol. The van der Waals surface area contributed by atoms with E-state index in [9.17, 15) is 0 Å². The molecule has 0 aromatic rings. The summed E-state index contributed by atoms with van der Waals surface area (Å²) in [6, 6.07) is 0. The second-order valence-corrected chi connectivity index (χ2v) is 7.39. The summed E-state index contributed by atoms with van der Waals surface area (Å²) in [7, 11) is -5.17. The van der Waals surface area contributed by atoms with Crippen LogP contribution in [0.5, 0.6) is 0 Å². The number of quaternary nitrogens is 2. The van der Waals surface area contributed by atoms with Crippen LogP contribution in [0.3, 0.4) is 0 Å². The van der Waals surface area contributed by atoms with Crippen LogP contribution in [-0.2, 0) is 10.4 Å². The van der Waals surface area contributed by atoms with Gasteiger partial charge in [0.15, 0.2) is 0 Å². The first-order valence-corrected chi connectivity index (χ1v) is 8.03. The topological polar surface area (TPSA) is 154 Å². The lowest BCUT2D eigenvalue weighted by Crippen LogP contribution is -2.95. The van der Waals surface area contributed by atoms with E-state index in [4.69, 9.17) is 27.7 Å². The molecule has 0 aliphatic rings.